The van der Waals surface area contributed by atoms with Crippen LogP contribution in [0.15, 0.2) is 40.1 Å². The topological polar surface area (TPSA) is 102 Å². The zero-order valence-corrected chi connectivity index (χ0v) is 16.8. The lowest BCUT2D eigenvalue weighted by Gasteiger charge is -2.10. The summed E-state index contributed by atoms with van der Waals surface area (Å²) in [5.74, 6) is 1.90. The summed E-state index contributed by atoms with van der Waals surface area (Å²) in [7, 11) is -3.76. The van der Waals surface area contributed by atoms with Gasteiger partial charge in [0.05, 0.1) is 16.3 Å². The average molecular weight is 415 g/mol. The number of nitrogens with zero attached hydrogens (tertiary/aromatic N) is 2. The van der Waals surface area contributed by atoms with Crippen LogP contribution < -0.4 is 5.14 Å². The van der Waals surface area contributed by atoms with Crippen LogP contribution >= 0.6 is 11.8 Å². The van der Waals surface area contributed by atoms with Crippen molar-refractivity contribution in [1.82, 2.24) is 9.47 Å². The lowest BCUT2D eigenvalue weighted by atomic mass is 10.2. The minimum atomic E-state index is -3.76. The third-order valence-electron chi connectivity index (χ3n) is 4.30. The standard InChI is InChI=1S/C19H17N3O4S2/c1-4-9-21-18(23)17(27-19(21)24)11-14-10-12(2)22(13(14)3)15-5-7-16(8-6-15)28(20,25)26/h1,5-8,10-11H,9H2,2-3H3,(H2,20,25,26)/b17-11-. The Kier molecular flexibility index (Phi) is 5.21. The van der Waals surface area contributed by atoms with E-state index in [0.717, 1.165) is 39.3 Å². The molecule has 0 spiro atoms. The van der Waals surface area contributed by atoms with Crippen molar-refractivity contribution in [2.24, 2.45) is 5.14 Å². The second-order valence-corrected chi connectivity index (χ2v) is 8.73. The van der Waals surface area contributed by atoms with E-state index >= 15 is 0 Å². The number of imide groups is 1. The first-order valence-electron chi connectivity index (χ1n) is 8.14. The summed E-state index contributed by atoms with van der Waals surface area (Å²) >= 11 is 0.854. The first-order chi connectivity index (χ1) is 13.1. The number of rotatable bonds is 4. The van der Waals surface area contributed by atoms with Crippen LogP contribution in [-0.2, 0) is 14.8 Å². The van der Waals surface area contributed by atoms with Crippen LogP contribution in [-0.4, -0.2) is 35.6 Å². The van der Waals surface area contributed by atoms with Gasteiger partial charge in [-0.05, 0) is 67.6 Å². The van der Waals surface area contributed by atoms with Gasteiger partial charge in [0.25, 0.3) is 11.1 Å². The molecule has 0 bridgehead atoms. The fourth-order valence-corrected chi connectivity index (χ4v) is 4.33. The van der Waals surface area contributed by atoms with Crippen LogP contribution in [0, 0.1) is 26.2 Å². The van der Waals surface area contributed by atoms with E-state index in [9.17, 15) is 18.0 Å². The molecule has 2 heterocycles. The normalized spacial score (nSPS) is 16.1. The number of terminal acetylenes is 1. The summed E-state index contributed by atoms with van der Waals surface area (Å²) < 4.78 is 24.8. The van der Waals surface area contributed by atoms with Gasteiger partial charge in [-0.1, -0.05) is 5.92 Å². The molecule has 2 aromatic rings. The number of aryl methyl sites for hydroxylation is 1. The molecular weight excluding hydrogens is 398 g/mol. The van der Waals surface area contributed by atoms with Crippen molar-refractivity contribution < 1.29 is 18.0 Å². The van der Waals surface area contributed by atoms with E-state index in [1.165, 1.54) is 12.1 Å². The number of nitrogens with two attached hydrogens (primary N) is 1. The van der Waals surface area contributed by atoms with Crippen LogP contribution in [0.3, 0.4) is 0 Å². The Bertz CT molecular complexity index is 1150. The lowest BCUT2D eigenvalue weighted by molar-refractivity contribution is -0.122. The predicted octanol–water partition coefficient (Wildman–Crippen LogP) is 2.41. The van der Waals surface area contributed by atoms with Crippen molar-refractivity contribution >= 4 is 39.0 Å². The van der Waals surface area contributed by atoms with Gasteiger partial charge in [0, 0.05) is 17.1 Å². The second kappa shape index (κ2) is 7.31. The minimum Gasteiger partial charge on any atom is -0.318 e. The maximum atomic E-state index is 12.4. The summed E-state index contributed by atoms with van der Waals surface area (Å²) in [5, 5.41) is 4.75. The zero-order chi connectivity index (χ0) is 20.6. The Morgan fingerprint density at radius 3 is 2.43 bits per heavy atom. The molecule has 0 unspecified atom stereocenters. The quantitative estimate of drug-likeness (QED) is 0.610. The van der Waals surface area contributed by atoms with Crippen LogP contribution in [0.1, 0.15) is 17.0 Å². The number of hydrogen-bond acceptors (Lipinski definition) is 5. The van der Waals surface area contributed by atoms with Crippen molar-refractivity contribution in [3.63, 3.8) is 0 Å². The van der Waals surface area contributed by atoms with Crippen LogP contribution in [0.5, 0.6) is 0 Å². The third kappa shape index (κ3) is 3.62. The number of sulfonamides is 1. The van der Waals surface area contributed by atoms with Crippen molar-refractivity contribution in [3.8, 4) is 18.0 Å². The Hall–Kier alpha value is -2.80. The van der Waals surface area contributed by atoms with E-state index in [2.05, 4.69) is 5.92 Å². The molecule has 1 aliphatic heterocycles. The molecule has 2 amide bonds. The van der Waals surface area contributed by atoms with Crippen LogP contribution in [0.25, 0.3) is 11.8 Å². The molecule has 1 saturated heterocycles. The Balaban J connectivity index is 1.98. The maximum absolute atomic E-state index is 12.4. The molecule has 1 aliphatic rings. The van der Waals surface area contributed by atoms with Crippen molar-refractivity contribution in [2.75, 3.05) is 6.54 Å². The first kappa shape index (κ1) is 19.9. The Morgan fingerprint density at radius 1 is 1.21 bits per heavy atom. The van der Waals surface area contributed by atoms with Gasteiger partial charge >= 0.3 is 0 Å². The largest absolute Gasteiger partial charge is 0.318 e. The van der Waals surface area contributed by atoms with Gasteiger partial charge in [0.15, 0.2) is 0 Å². The molecular formula is C19H17N3O4S2. The van der Waals surface area contributed by atoms with Crippen molar-refractivity contribution in [3.05, 3.63) is 52.2 Å². The highest BCUT2D eigenvalue weighted by Crippen LogP contribution is 2.33. The molecule has 1 aromatic heterocycles. The van der Waals surface area contributed by atoms with E-state index in [-0.39, 0.29) is 16.7 Å². The summed E-state index contributed by atoms with van der Waals surface area (Å²) in [4.78, 5) is 25.7. The molecule has 0 aliphatic carbocycles. The van der Waals surface area contributed by atoms with Crippen molar-refractivity contribution in [2.45, 2.75) is 18.7 Å². The molecule has 9 heteroatoms. The first-order valence-corrected chi connectivity index (χ1v) is 10.5. The Morgan fingerprint density at radius 2 is 1.86 bits per heavy atom. The molecule has 1 aromatic carbocycles. The predicted molar refractivity (Wildman–Crippen MR) is 108 cm³/mol. The maximum Gasteiger partial charge on any atom is 0.294 e. The third-order valence-corrected chi connectivity index (χ3v) is 6.14. The van der Waals surface area contributed by atoms with E-state index in [1.54, 1.807) is 18.2 Å². The van der Waals surface area contributed by atoms with Crippen LogP contribution in [0.4, 0.5) is 4.79 Å². The number of amides is 2. The molecule has 0 radical (unpaired) electrons. The molecule has 2 N–H and O–H groups in total. The molecule has 1 fully saturated rings. The molecule has 144 valence electrons. The fraction of sp³-hybridized carbons (Fsp3) is 0.158. The number of primary sulfonamides is 1. The van der Waals surface area contributed by atoms with Gasteiger partial charge in [0.1, 0.15) is 0 Å². The van der Waals surface area contributed by atoms with Crippen LogP contribution in [0.2, 0.25) is 0 Å². The SMILES string of the molecule is C#CCN1C(=O)S/C(=C\c2cc(C)n(-c3ccc(S(N)(=O)=O)cc3)c2C)C1=O. The number of benzene rings is 1. The van der Waals surface area contributed by atoms with Gasteiger partial charge in [0.2, 0.25) is 10.0 Å². The summed E-state index contributed by atoms with van der Waals surface area (Å²) in [6, 6.07) is 8.08. The van der Waals surface area contributed by atoms with Gasteiger partial charge in [-0.25, -0.2) is 13.6 Å². The van der Waals surface area contributed by atoms with Gasteiger partial charge in [-0.2, -0.15) is 0 Å². The molecule has 28 heavy (non-hydrogen) atoms. The highest BCUT2D eigenvalue weighted by Gasteiger charge is 2.34. The molecule has 0 atom stereocenters. The van der Waals surface area contributed by atoms with E-state index in [4.69, 9.17) is 11.6 Å². The molecule has 7 nitrogen and oxygen atoms in total. The summed E-state index contributed by atoms with van der Waals surface area (Å²) in [6.07, 6.45) is 6.87. The summed E-state index contributed by atoms with van der Waals surface area (Å²) in [6.45, 7) is 3.71. The average Bonchev–Trinajstić information content (AvgIpc) is 3.05. The number of carbonyl (C=O) groups is 2. The lowest BCUT2D eigenvalue weighted by Crippen LogP contribution is -2.28. The van der Waals surface area contributed by atoms with E-state index < -0.39 is 15.9 Å². The van der Waals surface area contributed by atoms with Gasteiger partial charge < -0.3 is 4.57 Å². The monoisotopic (exact) mass is 415 g/mol. The smallest absolute Gasteiger partial charge is 0.294 e. The van der Waals surface area contributed by atoms with Gasteiger partial charge in [-0.15, -0.1) is 6.42 Å². The summed E-state index contributed by atoms with van der Waals surface area (Å²) in [5.41, 5.74) is 3.25. The Labute approximate surface area is 167 Å². The highest BCUT2D eigenvalue weighted by molar-refractivity contribution is 8.18. The minimum absolute atomic E-state index is 0.0288. The number of aromatic nitrogens is 1. The molecule has 0 saturated carbocycles. The number of hydrogen-bond donors (Lipinski definition) is 1. The highest BCUT2D eigenvalue weighted by atomic mass is 32.2. The number of thioether (sulfide) groups is 1. The van der Waals surface area contributed by atoms with E-state index in [0.29, 0.717) is 4.91 Å². The molecule has 3 rings (SSSR count). The number of carbonyl (C=O) groups excluding carboxylic acids is 2. The fourth-order valence-electron chi connectivity index (χ4n) is 2.98. The zero-order valence-electron chi connectivity index (χ0n) is 15.2. The van der Waals surface area contributed by atoms with Gasteiger partial charge in [-0.3, -0.25) is 14.5 Å². The van der Waals surface area contributed by atoms with Crippen molar-refractivity contribution in [1.29, 1.82) is 0 Å². The van der Waals surface area contributed by atoms with E-state index in [1.807, 2.05) is 24.5 Å². The second-order valence-electron chi connectivity index (χ2n) is 6.17.